The van der Waals surface area contributed by atoms with Crippen LogP contribution in [-0.4, -0.2) is 22.6 Å². The SMILES string of the molecule is CC1CCCCN1c1ncnc(Nc2ccc(I)cc2)c1N. The summed E-state index contributed by atoms with van der Waals surface area (Å²) in [5, 5.41) is 3.29. The molecule has 1 saturated heterocycles. The summed E-state index contributed by atoms with van der Waals surface area (Å²) in [6.45, 7) is 3.23. The number of nitrogens with one attached hydrogen (secondary N) is 1. The number of nitrogens with two attached hydrogens (primary N) is 1. The van der Waals surface area contributed by atoms with Gasteiger partial charge in [0.2, 0.25) is 0 Å². The van der Waals surface area contributed by atoms with Crippen molar-refractivity contribution in [3.63, 3.8) is 0 Å². The highest BCUT2D eigenvalue weighted by Gasteiger charge is 2.22. The van der Waals surface area contributed by atoms with Crippen LogP contribution in [0.1, 0.15) is 26.2 Å². The highest BCUT2D eigenvalue weighted by atomic mass is 127. The van der Waals surface area contributed by atoms with Crippen molar-refractivity contribution < 1.29 is 0 Å². The third-order valence-electron chi connectivity index (χ3n) is 4.04. The van der Waals surface area contributed by atoms with Gasteiger partial charge in [-0.05, 0) is 73.0 Å². The molecule has 0 radical (unpaired) electrons. The van der Waals surface area contributed by atoms with E-state index in [1.807, 2.05) is 24.3 Å². The van der Waals surface area contributed by atoms with Crippen molar-refractivity contribution >= 4 is 45.6 Å². The average Bonchev–Trinajstić information content (AvgIpc) is 2.52. The van der Waals surface area contributed by atoms with Crippen molar-refractivity contribution in [3.8, 4) is 0 Å². The van der Waals surface area contributed by atoms with Crippen molar-refractivity contribution in [1.29, 1.82) is 0 Å². The smallest absolute Gasteiger partial charge is 0.159 e. The fourth-order valence-corrected chi connectivity index (χ4v) is 3.16. The van der Waals surface area contributed by atoms with Crippen LogP contribution < -0.4 is 16.0 Å². The van der Waals surface area contributed by atoms with E-state index in [0.29, 0.717) is 17.5 Å². The van der Waals surface area contributed by atoms with E-state index in [9.17, 15) is 0 Å². The Labute approximate surface area is 144 Å². The van der Waals surface area contributed by atoms with E-state index in [2.05, 4.69) is 49.7 Å². The number of nitrogen functional groups attached to an aromatic ring is 1. The molecule has 1 aliphatic rings. The Morgan fingerprint density at radius 1 is 1.23 bits per heavy atom. The van der Waals surface area contributed by atoms with E-state index in [4.69, 9.17) is 5.73 Å². The first-order chi connectivity index (χ1) is 10.6. The molecule has 2 heterocycles. The predicted octanol–water partition coefficient (Wildman–Crippen LogP) is 3.79. The molecule has 0 saturated carbocycles. The maximum absolute atomic E-state index is 6.32. The highest BCUT2D eigenvalue weighted by molar-refractivity contribution is 14.1. The Morgan fingerprint density at radius 3 is 2.73 bits per heavy atom. The molecule has 5 nitrogen and oxygen atoms in total. The maximum atomic E-state index is 6.32. The summed E-state index contributed by atoms with van der Waals surface area (Å²) in [7, 11) is 0. The zero-order valence-electron chi connectivity index (χ0n) is 12.6. The Kier molecular flexibility index (Phi) is 4.66. The van der Waals surface area contributed by atoms with Crippen LogP contribution >= 0.6 is 22.6 Å². The third-order valence-corrected chi connectivity index (χ3v) is 4.76. The Bertz CT molecular complexity index is 643. The van der Waals surface area contributed by atoms with E-state index < -0.39 is 0 Å². The molecular formula is C16H20IN5. The summed E-state index contributed by atoms with van der Waals surface area (Å²) in [4.78, 5) is 11.0. The first-order valence-electron chi connectivity index (χ1n) is 7.55. The van der Waals surface area contributed by atoms with Gasteiger partial charge in [-0.2, -0.15) is 0 Å². The van der Waals surface area contributed by atoms with Gasteiger partial charge < -0.3 is 16.0 Å². The highest BCUT2D eigenvalue weighted by Crippen LogP contribution is 2.32. The molecule has 1 aromatic carbocycles. The maximum Gasteiger partial charge on any atom is 0.159 e. The molecule has 0 spiro atoms. The van der Waals surface area contributed by atoms with Gasteiger partial charge in [0.25, 0.3) is 0 Å². The first kappa shape index (κ1) is 15.3. The summed E-state index contributed by atoms with van der Waals surface area (Å²) >= 11 is 2.29. The number of rotatable bonds is 3. The van der Waals surface area contributed by atoms with Gasteiger partial charge in [-0.15, -0.1) is 0 Å². The molecule has 1 aromatic heterocycles. The van der Waals surface area contributed by atoms with Crippen molar-refractivity contribution in [1.82, 2.24) is 9.97 Å². The van der Waals surface area contributed by atoms with E-state index in [0.717, 1.165) is 18.1 Å². The quantitative estimate of drug-likeness (QED) is 0.756. The van der Waals surface area contributed by atoms with Crippen LogP contribution in [0.15, 0.2) is 30.6 Å². The van der Waals surface area contributed by atoms with Crippen LogP contribution in [0.2, 0.25) is 0 Å². The molecule has 1 unspecified atom stereocenters. The second-order valence-corrected chi connectivity index (χ2v) is 6.88. The Morgan fingerprint density at radius 2 is 2.00 bits per heavy atom. The van der Waals surface area contributed by atoms with Crippen molar-refractivity contribution in [3.05, 3.63) is 34.2 Å². The molecule has 6 heteroatoms. The lowest BCUT2D eigenvalue weighted by Gasteiger charge is -2.35. The fraction of sp³-hybridized carbons (Fsp3) is 0.375. The second kappa shape index (κ2) is 6.68. The molecule has 0 bridgehead atoms. The molecule has 3 N–H and O–H groups in total. The average molecular weight is 409 g/mol. The minimum atomic E-state index is 0.470. The number of hydrogen-bond acceptors (Lipinski definition) is 5. The normalized spacial score (nSPS) is 18.3. The van der Waals surface area contributed by atoms with Crippen LogP contribution in [0.3, 0.4) is 0 Å². The zero-order valence-corrected chi connectivity index (χ0v) is 14.7. The lowest BCUT2D eigenvalue weighted by molar-refractivity contribution is 0.481. The topological polar surface area (TPSA) is 67.1 Å². The van der Waals surface area contributed by atoms with Gasteiger partial charge in [0.15, 0.2) is 11.6 Å². The number of aromatic nitrogens is 2. The van der Waals surface area contributed by atoms with E-state index in [1.54, 1.807) is 6.33 Å². The minimum Gasteiger partial charge on any atom is -0.393 e. The number of benzene rings is 1. The minimum absolute atomic E-state index is 0.470. The van der Waals surface area contributed by atoms with E-state index in [1.165, 1.54) is 22.8 Å². The molecular weight excluding hydrogens is 389 g/mol. The Balaban J connectivity index is 1.86. The largest absolute Gasteiger partial charge is 0.393 e. The fourth-order valence-electron chi connectivity index (χ4n) is 2.80. The summed E-state index contributed by atoms with van der Waals surface area (Å²) in [6, 6.07) is 8.61. The number of halogens is 1. The van der Waals surface area contributed by atoms with Crippen molar-refractivity contribution in [2.45, 2.75) is 32.2 Å². The lowest BCUT2D eigenvalue weighted by Crippen LogP contribution is -2.38. The zero-order chi connectivity index (χ0) is 15.5. The second-order valence-electron chi connectivity index (χ2n) is 5.63. The summed E-state index contributed by atoms with van der Waals surface area (Å²) in [5.74, 6) is 1.51. The number of nitrogens with zero attached hydrogens (tertiary/aromatic N) is 3. The summed E-state index contributed by atoms with van der Waals surface area (Å²) in [6.07, 6.45) is 5.23. The number of anilines is 4. The first-order valence-corrected chi connectivity index (χ1v) is 8.63. The van der Waals surface area contributed by atoms with Crippen LogP contribution in [0, 0.1) is 3.57 Å². The number of hydrogen-bond donors (Lipinski definition) is 2. The molecule has 2 aromatic rings. The Hall–Kier alpha value is -1.57. The lowest BCUT2D eigenvalue weighted by atomic mass is 10.0. The van der Waals surface area contributed by atoms with Gasteiger partial charge in [0, 0.05) is 21.8 Å². The standard InChI is InChI=1S/C16H20IN5/c1-11-4-2-3-9-22(11)16-14(18)15(19-10-20-16)21-13-7-5-12(17)6-8-13/h5-8,10-11H,2-4,9,18H2,1H3,(H,19,20,21). The number of piperidine rings is 1. The van der Waals surface area contributed by atoms with Gasteiger partial charge >= 0.3 is 0 Å². The molecule has 3 rings (SSSR count). The van der Waals surface area contributed by atoms with Gasteiger partial charge in [0.05, 0.1) is 0 Å². The van der Waals surface area contributed by atoms with Crippen molar-refractivity contribution in [2.75, 3.05) is 22.5 Å². The van der Waals surface area contributed by atoms with E-state index in [-0.39, 0.29) is 0 Å². The summed E-state index contributed by atoms with van der Waals surface area (Å²) in [5.41, 5.74) is 7.92. The molecule has 0 amide bonds. The molecule has 1 fully saturated rings. The third kappa shape index (κ3) is 3.26. The monoisotopic (exact) mass is 409 g/mol. The molecule has 0 aliphatic carbocycles. The van der Waals surface area contributed by atoms with Crippen LogP contribution in [0.4, 0.5) is 23.0 Å². The predicted molar refractivity (Wildman–Crippen MR) is 99.5 cm³/mol. The molecule has 1 atom stereocenters. The van der Waals surface area contributed by atoms with Gasteiger partial charge in [0.1, 0.15) is 12.0 Å². The van der Waals surface area contributed by atoms with Gasteiger partial charge in [-0.25, -0.2) is 9.97 Å². The van der Waals surface area contributed by atoms with Gasteiger partial charge in [-0.3, -0.25) is 0 Å². The van der Waals surface area contributed by atoms with Crippen LogP contribution in [0.5, 0.6) is 0 Å². The summed E-state index contributed by atoms with van der Waals surface area (Å²) < 4.78 is 1.20. The van der Waals surface area contributed by atoms with Crippen LogP contribution in [0.25, 0.3) is 0 Å². The van der Waals surface area contributed by atoms with Crippen LogP contribution in [-0.2, 0) is 0 Å². The van der Waals surface area contributed by atoms with E-state index >= 15 is 0 Å². The van der Waals surface area contributed by atoms with Crippen molar-refractivity contribution in [2.24, 2.45) is 0 Å². The molecule has 1 aliphatic heterocycles. The van der Waals surface area contributed by atoms with Gasteiger partial charge in [-0.1, -0.05) is 0 Å². The molecule has 22 heavy (non-hydrogen) atoms. The molecule has 116 valence electrons.